The van der Waals surface area contributed by atoms with Crippen LogP contribution in [0.1, 0.15) is 5.69 Å². The van der Waals surface area contributed by atoms with Crippen molar-refractivity contribution in [1.29, 1.82) is 0 Å². The van der Waals surface area contributed by atoms with E-state index < -0.39 is 0 Å². The highest BCUT2D eigenvalue weighted by atomic mass is 16.2. The van der Waals surface area contributed by atoms with Gasteiger partial charge in [0.2, 0.25) is 11.8 Å². The third-order valence-corrected chi connectivity index (χ3v) is 3.33. The molecule has 20 heavy (non-hydrogen) atoms. The number of likely N-dealkylation sites (N-methyl/N-ethyl adjacent to an activating group) is 1. The molecule has 0 radical (unpaired) electrons. The van der Waals surface area contributed by atoms with Crippen molar-refractivity contribution in [2.24, 2.45) is 0 Å². The summed E-state index contributed by atoms with van der Waals surface area (Å²) in [5, 5.41) is 3.20. The fraction of sp³-hybridized carbons (Fsp3) is 0.500. The lowest BCUT2D eigenvalue weighted by Gasteiger charge is -2.29. The number of nitrogens with zero attached hydrogens (tertiary/aromatic N) is 3. The van der Waals surface area contributed by atoms with Gasteiger partial charge in [0, 0.05) is 45.1 Å². The van der Waals surface area contributed by atoms with Crippen LogP contribution in [-0.2, 0) is 16.0 Å². The van der Waals surface area contributed by atoms with Crippen LogP contribution in [0.2, 0.25) is 0 Å². The predicted octanol–water partition coefficient (Wildman–Crippen LogP) is -0.486. The van der Waals surface area contributed by atoms with E-state index in [-0.39, 0.29) is 24.8 Å². The van der Waals surface area contributed by atoms with E-state index in [0.717, 1.165) is 18.8 Å². The van der Waals surface area contributed by atoms with Crippen molar-refractivity contribution in [3.05, 3.63) is 30.1 Å². The summed E-state index contributed by atoms with van der Waals surface area (Å²) in [4.78, 5) is 31.5. The molecule has 1 fully saturated rings. The van der Waals surface area contributed by atoms with Gasteiger partial charge in [-0.05, 0) is 12.1 Å². The SMILES string of the molecule is CN(CC(=O)N1CCNCC1)C(=O)Cc1ccccn1. The molecule has 6 nitrogen and oxygen atoms in total. The predicted molar refractivity (Wildman–Crippen MR) is 75.0 cm³/mol. The summed E-state index contributed by atoms with van der Waals surface area (Å²) in [7, 11) is 1.66. The minimum absolute atomic E-state index is 0.00312. The van der Waals surface area contributed by atoms with Crippen LogP contribution >= 0.6 is 0 Å². The average molecular weight is 276 g/mol. The van der Waals surface area contributed by atoms with Gasteiger partial charge in [-0.1, -0.05) is 6.07 Å². The van der Waals surface area contributed by atoms with E-state index in [2.05, 4.69) is 10.3 Å². The van der Waals surface area contributed by atoms with Gasteiger partial charge in [0.1, 0.15) is 0 Å². The Hall–Kier alpha value is -1.95. The Balaban J connectivity index is 1.82. The monoisotopic (exact) mass is 276 g/mol. The fourth-order valence-corrected chi connectivity index (χ4v) is 2.10. The van der Waals surface area contributed by atoms with Crippen molar-refractivity contribution in [2.75, 3.05) is 39.8 Å². The molecule has 1 aliphatic heterocycles. The molecule has 1 aromatic heterocycles. The molecule has 0 aromatic carbocycles. The first-order chi connectivity index (χ1) is 9.66. The number of nitrogens with one attached hydrogen (secondary N) is 1. The molecule has 1 aliphatic rings. The zero-order valence-corrected chi connectivity index (χ0v) is 11.7. The van der Waals surface area contributed by atoms with Gasteiger partial charge < -0.3 is 15.1 Å². The molecule has 1 saturated heterocycles. The Kier molecular flexibility index (Phi) is 5.06. The van der Waals surface area contributed by atoms with Crippen LogP contribution in [0.25, 0.3) is 0 Å². The second-order valence-corrected chi connectivity index (χ2v) is 4.88. The van der Waals surface area contributed by atoms with E-state index in [4.69, 9.17) is 0 Å². The van der Waals surface area contributed by atoms with Gasteiger partial charge in [-0.3, -0.25) is 14.6 Å². The van der Waals surface area contributed by atoms with Gasteiger partial charge in [-0.25, -0.2) is 0 Å². The molecule has 0 spiro atoms. The van der Waals surface area contributed by atoms with Gasteiger partial charge in [0.15, 0.2) is 0 Å². The van der Waals surface area contributed by atoms with Crippen LogP contribution in [0.15, 0.2) is 24.4 Å². The van der Waals surface area contributed by atoms with E-state index in [1.54, 1.807) is 18.1 Å². The van der Waals surface area contributed by atoms with Crippen molar-refractivity contribution >= 4 is 11.8 Å². The minimum Gasteiger partial charge on any atom is -0.339 e. The largest absolute Gasteiger partial charge is 0.339 e. The molecular weight excluding hydrogens is 256 g/mol. The second-order valence-electron chi connectivity index (χ2n) is 4.88. The van der Waals surface area contributed by atoms with Gasteiger partial charge in [0.05, 0.1) is 13.0 Å². The van der Waals surface area contributed by atoms with Crippen LogP contribution in [0.4, 0.5) is 0 Å². The van der Waals surface area contributed by atoms with Gasteiger partial charge in [-0.15, -0.1) is 0 Å². The number of piperazine rings is 1. The lowest BCUT2D eigenvalue weighted by Crippen LogP contribution is -2.49. The molecule has 1 aromatic rings. The first kappa shape index (κ1) is 14.5. The maximum Gasteiger partial charge on any atom is 0.242 e. The smallest absolute Gasteiger partial charge is 0.242 e. The summed E-state index contributed by atoms with van der Waals surface area (Å²) in [5.74, 6) is -0.0874. The first-order valence-corrected chi connectivity index (χ1v) is 6.79. The topological polar surface area (TPSA) is 65.5 Å². The van der Waals surface area contributed by atoms with Crippen LogP contribution in [0.3, 0.4) is 0 Å². The second kappa shape index (κ2) is 7.00. The number of carbonyl (C=O) groups is 2. The van der Waals surface area contributed by atoms with Crippen molar-refractivity contribution < 1.29 is 9.59 Å². The normalized spacial score (nSPS) is 14.9. The number of rotatable bonds is 4. The molecule has 0 aliphatic carbocycles. The average Bonchev–Trinajstić information content (AvgIpc) is 2.49. The maximum atomic E-state index is 12.1. The minimum atomic E-state index is -0.0906. The number of pyridine rings is 1. The molecule has 0 atom stereocenters. The van der Waals surface area contributed by atoms with Crippen LogP contribution in [-0.4, -0.2) is 66.4 Å². The Labute approximate surface area is 118 Å². The quantitative estimate of drug-likeness (QED) is 0.806. The fourth-order valence-electron chi connectivity index (χ4n) is 2.10. The van der Waals surface area contributed by atoms with E-state index in [1.165, 1.54) is 4.90 Å². The van der Waals surface area contributed by atoms with E-state index in [0.29, 0.717) is 13.1 Å². The highest BCUT2D eigenvalue weighted by Gasteiger charge is 2.20. The standard InChI is InChI=1S/C14H20N4O2/c1-17(11-14(20)18-8-6-15-7-9-18)13(19)10-12-4-2-3-5-16-12/h2-5,15H,6-11H2,1H3. The first-order valence-electron chi connectivity index (χ1n) is 6.79. The molecule has 108 valence electrons. The molecule has 0 unspecified atom stereocenters. The molecule has 2 amide bonds. The number of amides is 2. The van der Waals surface area contributed by atoms with Gasteiger partial charge in [0.25, 0.3) is 0 Å². The van der Waals surface area contributed by atoms with Gasteiger partial charge in [-0.2, -0.15) is 0 Å². The summed E-state index contributed by atoms with van der Waals surface area (Å²) in [6.07, 6.45) is 1.89. The molecule has 1 N–H and O–H groups in total. The maximum absolute atomic E-state index is 12.1. The van der Waals surface area contributed by atoms with Crippen LogP contribution in [0, 0.1) is 0 Å². The summed E-state index contributed by atoms with van der Waals surface area (Å²) in [5.41, 5.74) is 0.721. The number of hydrogen-bond acceptors (Lipinski definition) is 4. The molecule has 2 heterocycles. The Bertz CT molecular complexity index is 458. The van der Waals surface area contributed by atoms with E-state index in [1.807, 2.05) is 18.2 Å². The highest BCUT2D eigenvalue weighted by molar-refractivity contribution is 5.85. The Morgan fingerprint density at radius 3 is 2.75 bits per heavy atom. The van der Waals surface area contributed by atoms with Crippen molar-refractivity contribution in [3.8, 4) is 0 Å². The van der Waals surface area contributed by atoms with Crippen LogP contribution in [0.5, 0.6) is 0 Å². The summed E-state index contributed by atoms with van der Waals surface area (Å²) < 4.78 is 0. The van der Waals surface area contributed by atoms with Crippen molar-refractivity contribution in [2.45, 2.75) is 6.42 Å². The van der Waals surface area contributed by atoms with E-state index in [9.17, 15) is 9.59 Å². The lowest BCUT2D eigenvalue weighted by atomic mass is 10.2. The molecule has 6 heteroatoms. The Morgan fingerprint density at radius 1 is 1.35 bits per heavy atom. The third kappa shape index (κ3) is 4.03. The summed E-state index contributed by atoms with van der Waals surface area (Å²) in [6, 6.07) is 5.47. The lowest BCUT2D eigenvalue weighted by molar-refractivity contribution is -0.139. The molecule has 2 rings (SSSR count). The Morgan fingerprint density at radius 2 is 2.10 bits per heavy atom. The summed E-state index contributed by atoms with van der Waals surface area (Å²) >= 11 is 0. The highest BCUT2D eigenvalue weighted by Crippen LogP contribution is 2.00. The van der Waals surface area contributed by atoms with E-state index >= 15 is 0 Å². The zero-order valence-electron chi connectivity index (χ0n) is 11.7. The molecule has 0 saturated carbocycles. The number of aromatic nitrogens is 1. The summed E-state index contributed by atoms with van der Waals surface area (Å²) in [6.45, 7) is 3.18. The van der Waals surface area contributed by atoms with Gasteiger partial charge >= 0.3 is 0 Å². The van der Waals surface area contributed by atoms with Crippen molar-refractivity contribution in [3.63, 3.8) is 0 Å². The number of carbonyl (C=O) groups excluding carboxylic acids is 2. The third-order valence-electron chi connectivity index (χ3n) is 3.33. The molecular formula is C14H20N4O2. The zero-order chi connectivity index (χ0) is 14.4. The van der Waals surface area contributed by atoms with Crippen LogP contribution < -0.4 is 5.32 Å². The molecule has 0 bridgehead atoms. The number of hydrogen-bond donors (Lipinski definition) is 1. The van der Waals surface area contributed by atoms with Crippen molar-refractivity contribution in [1.82, 2.24) is 20.1 Å².